The van der Waals surface area contributed by atoms with Gasteiger partial charge in [-0.3, -0.25) is 57.6 Å². The summed E-state index contributed by atoms with van der Waals surface area (Å²) < 4.78 is 28.4. The molecule has 0 aromatic carbocycles. The first-order valence-electron chi connectivity index (χ1n) is 26.9. The molecule has 8 bridgehead atoms. The van der Waals surface area contributed by atoms with Crippen LogP contribution in [0.5, 0.6) is 0 Å². The quantitative estimate of drug-likeness (QED) is 0.0548. The van der Waals surface area contributed by atoms with Crippen LogP contribution in [0.1, 0.15) is 133 Å². The number of phosphoric acid groups is 1. The van der Waals surface area contributed by atoms with Gasteiger partial charge >= 0.3 is 7.82 Å². The van der Waals surface area contributed by atoms with E-state index in [-0.39, 0.29) is 77.2 Å². The molecule has 0 saturated carbocycles. The molecule has 6 rings (SSSR count). The fourth-order valence-corrected chi connectivity index (χ4v) is 14.9. The lowest BCUT2D eigenvalue weighted by Gasteiger charge is -2.48. The lowest BCUT2D eigenvalue weighted by molar-refractivity contribution is -0.133. The number of carbonyl (C=O) groups excluding carboxylic acids is 7. The Morgan fingerprint density at radius 3 is 1.93 bits per heavy atom. The Morgan fingerprint density at radius 1 is 0.800 bits per heavy atom. The molecule has 2 fully saturated rings. The molecule has 7 amide bonds. The van der Waals surface area contributed by atoms with Gasteiger partial charge in [-0.05, 0) is 70.6 Å². The van der Waals surface area contributed by atoms with Crippen LogP contribution >= 0.6 is 7.82 Å². The van der Waals surface area contributed by atoms with Gasteiger partial charge < -0.3 is 70.0 Å². The zero-order chi connectivity index (χ0) is 60.0. The van der Waals surface area contributed by atoms with Crippen molar-refractivity contribution < 1.29 is 72.1 Å². The average Bonchev–Trinajstić information content (AvgIpc) is 4.19. The second-order valence-electron chi connectivity index (χ2n) is 24.0. The molecule has 80 heavy (non-hydrogen) atoms. The molecule has 15 atom stereocenters. The van der Waals surface area contributed by atoms with Crippen molar-refractivity contribution in [2.24, 2.45) is 94.7 Å². The van der Waals surface area contributed by atoms with Crippen LogP contribution in [0, 0.1) is 45.3 Å². The Labute approximate surface area is 465 Å². The van der Waals surface area contributed by atoms with Crippen molar-refractivity contribution in [3.8, 4) is 0 Å². The highest BCUT2D eigenvalue weighted by Crippen LogP contribution is 2.62. The van der Waals surface area contributed by atoms with Gasteiger partial charge in [0.25, 0.3) is 0 Å². The molecule has 0 aromatic heterocycles. The first-order chi connectivity index (χ1) is 37.0. The molecular formula is C53H82N11O15P. The van der Waals surface area contributed by atoms with Gasteiger partial charge in [0.2, 0.25) is 41.4 Å². The molecule has 2 saturated heterocycles. The highest BCUT2D eigenvalue weighted by Gasteiger charge is 2.66. The van der Waals surface area contributed by atoms with Gasteiger partial charge in [-0.1, -0.05) is 34.6 Å². The number of amides is 7. The Hall–Kier alpha value is -5.73. The van der Waals surface area contributed by atoms with Crippen molar-refractivity contribution in [3.63, 3.8) is 0 Å². The summed E-state index contributed by atoms with van der Waals surface area (Å²) in [6, 6.07) is -1.04. The summed E-state index contributed by atoms with van der Waals surface area (Å²) in [6.45, 7) is 15.2. The summed E-state index contributed by atoms with van der Waals surface area (Å²) in [5.74, 6) is -7.21. The zero-order valence-corrected chi connectivity index (χ0v) is 48.0. The molecule has 6 heterocycles. The minimum atomic E-state index is -5.01. The highest BCUT2D eigenvalue weighted by atomic mass is 31.2. The molecule has 0 aliphatic carbocycles. The molecule has 0 spiro atoms. The smallest absolute Gasteiger partial charge is 0.394 e. The van der Waals surface area contributed by atoms with Gasteiger partial charge in [-0.2, -0.15) is 0 Å². The molecule has 6 aliphatic rings. The molecule has 27 heteroatoms. The Kier molecular flexibility index (Phi) is 18.7. The summed E-state index contributed by atoms with van der Waals surface area (Å²) in [4.78, 5) is 120. The standard InChI is InChI=1S/C53H82N11O15P/c1-24(78-80(75,76)79-44-32(23-65)77-48(74)43(44)73)22-60-40(72)16-17-50(6)30(18-37(57)69)47-53(9)52(8,21-39(59)71)29(12-15-36(56)68)42(64-53)26(3)46-51(7,20-38(58)70)27(10-13-34(54)66)31(61-46)19-33-49(4,5)28(11-14-35(55)67)41(62-33)25(2)45(50)63-47/h19,24,27-30,32,43-44,47-48,61,65,73-74H,10-18,20-23H2,1-9H3,(H2,54,66)(H2,55,67)(H2,56,68)(H2,57,69)(H2,58,70)(H2,59,71)(H,60,72)(H,75,76)/b31-19?,41-25?,46-26-/t24-,27-,28-,29-,30+,32-,43-,44-,47-,48+,50-,51+,52+,53+/m1/s1. The van der Waals surface area contributed by atoms with E-state index in [4.69, 9.17) is 63.2 Å². The second-order valence-corrected chi connectivity index (χ2v) is 25.4. The van der Waals surface area contributed by atoms with Crippen molar-refractivity contribution in [1.29, 1.82) is 0 Å². The number of phosphoric ester groups is 1. The molecule has 444 valence electrons. The van der Waals surface area contributed by atoms with E-state index in [0.717, 1.165) is 0 Å². The van der Waals surface area contributed by atoms with Crippen molar-refractivity contribution in [3.05, 3.63) is 34.3 Å². The number of fused-ring (bicyclic) bond motifs is 6. The number of rotatable bonds is 25. The zero-order valence-electron chi connectivity index (χ0n) is 47.1. The average molecular weight is 1140 g/mol. The number of nitrogens with two attached hydrogens (primary N) is 6. The Balaban J connectivity index is 1.57. The first-order valence-corrected chi connectivity index (χ1v) is 28.4. The monoisotopic (exact) mass is 1140 g/mol. The maximum Gasteiger partial charge on any atom is 0.472 e. The third-order valence-corrected chi connectivity index (χ3v) is 19.3. The molecule has 0 radical (unpaired) electrons. The van der Waals surface area contributed by atoms with Gasteiger partial charge in [-0.15, -0.1) is 0 Å². The van der Waals surface area contributed by atoms with Crippen LogP contribution in [-0.2, 0) is 51.9 Å². The van der Waals surface area contributed by atoms with E-state index in [9.17, 15) is 58.3 Å². The minimum Gasteiger partial charge on any atom is -0.394 e. The number of allylic oxidation sites excluding steroid dienone is 6. The number of ether oxygens (including phenoxy) is 1. The van der Waals surface area contributed by atoms with Gasteiger partial charge in [0.1, 0.15) is 18.3 Å². The number of nitrogens with one attached hydrogen (secondary N) is 2. The van der Waals surface area contributed by atoms with E-state index in [1.54, 1.807) is 6.92 Å². The minimum absolute atomic E-state index is 0.0156. The number of hydrogen-bond acceptors (Lipinski definition) is 18. The predicted octanol–water partition coefficient (Wildman–Crippen LogP) is 0.316. The van der Waals surface area contributed by atoms with Crippen molar-refractivity contribution >= 4 is 66.3 Å². The van der Waals surface area contributed by atoms with Crippen molar-refractivity contribution in [2.75, 3.05) is 13.2 Å². The SMILES string of the molecule is CC1=C2N=C(C=C3N/C(=C(/C)C4=N[C@@](C)([C@@H]5N=C1[C@](C)(CCC(=O)NC[C@@H](C)OP(=O)(O)O[C@H]1[C@@H](O)[C@@H](O)O[C@@H]1CO)[C@H]5CC(N)=O)[C@@](C)(CC(N)=O)[C@@H]4CCC(N)=O)[C@@](C)(CC(N)=O)[C@@H]3CCC(N)=O)C(C)(C)[C@@H]2CCC(N)=O. The maximum absolute atomic E-state index is 14.1. The molecule has 1 unspecified atom stereocenters. The third kappa shape index (κ3) is 12.4. The molecule has 26 nitrogen and oxygen atoms in total. The summed E-state index contributed by atoms with van der Waals surface area (Å²) in [6.07, 6.45) is -6.79. The molecule has 18 N–H and O–H groups in total. The van der Waals surface area contributed by atoms with E-state index in [1.807, 2.05) is 54.5 Å². The van der Waals surface area contributed by atoms with Crippen LogP contribution < -0.4 is 45.0 Å². The van der Waals surface area contributed by atoms with Crippen LogP contribution in [0.4, 0.5) is 0 Å². The highest BCUT2D eigenvalue weighted by molar-refractivity contribution is 7.47. The largest absolute Gasteiger partial charge is 0.472 e. The summed E-state index contributed by atoms with van der Waals surface area (Å²) in [5.41, 5.74) is 33.9. The fraction of sp³-hybridized carbons (Fsp3) is 0.698. The van der Waals surface area contributed by atoms with Crippen LogP contribution in [0.3, 0.4) is 0 Å². The third-order valence-electron chi connectivity index (χ3n) is 18.1. The first kappa shape index (κ1) is 63.5. The van der Waals surface area contributed by atoms with Crippen LogP contribution in [-0.4, -0.2) is 134 Å². The normalized spacial score (nSPS) is 35.4. The number of aliphatic imine (C=N–C) groups is 3. The predicted molar refractivity (Wildman–Crippen MR) is 291 cm³/mol. The van der Waals surface area contributed by atoms with Crippen molar-refractivity contribution in [2.45, 2.75) is 175 Å². The molecular weight excluding hydrogens is 1060 g/mol. The van der Waals surface area contributed by atoms with Crippen LogP contribution in [0.25, 0.3) is 0 Å². The number of aliphatic hydroxyl groups is 3. The maximum atomic E-state index is 14.1. The second kappa shape index (κ2) is 23.6. The molecule has 0 aromatic rings. The van der Waals surface area contributed by atoms with E-state index >= 15 is 0 Å². The van der Waals surface area contributed by atoms with Crippen molar-refractivity contribution in [1.82, 2.24) is 10.6 Å². The number of hydrogen-bond donors (Lipinski definition) is 12. The van der Waals surface area contributed by atoms with E-state index < -0.39 is 143 Å². The van der Waals surface area contributed by atoms with Gasteiger partial charge in [-0.25, -0.2) is 4.57 Å². The lowest BCUT2D eigenvalue weighted by atomic mass is 9.55. The van der Waals surface area contributed by atoms with E-state index in [0.29, 0.717) is 45.4 Å². The number of aliphatic hydroxyl groups excluding tert-OH is 3. The number of nitrogens with zero attached hydrogens (tertiary/aromatic N) is 3. The lowest BCUT2D eigenvalue weighted by Crippen LogP contribution is -2.56. The Morgan fingerprint density at radius 2 is 1.38 bits per heavy atom. The van der Waals surface area contributed by atoms with Gasteiger partial charge in [0.15, 0.2) is 6.29 Å². The van der Waals surface area contributed by atoms with Crippen LogP contribution in [0.15, 0.2) is 49.3 Å². The number of carbonyl (C=O) groups is 7. The van der Waals surface area contributed by atoms with Gasteiger partial charge in [0, 0.05) is 131 Å². The Bertz CT molecular complexity index is 2800. The number of primary amides is 6. The van der Waals surface area contributed by atoms with Crippen LogP contribution in [0.2, 0.25) is 0 Å². The van der Waals surface area contributed by atoms with E-state index in [1.165, 1.54) is 6.92 Å². The summed E-state index contributed by atoms with van der Waals surface area (Å²) >= 11 is 0. The fourth-order valence-electron chi connectivity index (χ4n) is 13.7. The summed E-state index contributed by atoms with van der Waals surface area (Å²) in [5, 5.41) is 36.1. The van der Waals surface area contributed by atoms with E-state index in [2.05, 4.69) is 10.6 Å². The molecule has 6 aliphatic heterocycles. The van der Waals surface area contributed by atoms with Gasteiger partial charge in [0.05, 0.1) is 24.3 Å². The topological polar surface area (TPSA) is 462 Å². The summed E-state index contributed by atoms with van der Waals surface area (Å²) in [7, 11) is -5.01.